The first-order valence-corrected chi connectivity index (χ1v) is 6.90. The van der Waals surface area contributed by atoms with E-state index in [4.69, 9.17) is 9.47 Å². The van der Waals surface area contributed by atoms with Crippen LogP contribution in [0.3, 0.4) is 0 Å². The SMILES string of the molecule is COCCNCc1sc(C2CCCO2)nc1C. The summed E-state index contributed by atoms with van der Waals surface area (Å²) in [6, 6.07) is 0. The summed E-state index contributed by atoms with van der Waals surface area (Å²) >= 11 is 1.78. The van der Waals surface area contributed by atoms with Crippen LogP contribution in [0.25, 0.3) is 0 Å². The molecule has 17 heavy (non-hydrogen) atoms. The van der Waals surface area contributed by atoms with Crippen LogP contribution >= 0.6 is 11.3 Å². The third-order valence-electron chi connectivity index (χ3n) is 2.88. The number of methoxy groups -OCH3 is 1. The molecule has 1 unspecified atom stereocenters. The zero-order valence-corrected chi connectivity index (χ0v) is 11.3. The van der Waals surface area contributed by atoms with Crippen LogP contribution in [-0.4, -0.2) is 31.9 Å². The Hall–Kier alpha value is -0.490. The van der Waals surface area contributed by atoms with Crippen LogP contribution in [0.15, 0.2) is 0 Å². The molecule has 1 aromatic heterocycles. The van der Waals surface area contributed by atoms with E-state index in [1.807, 2.05) is 0 Å². The van der Waals surface area contributed by atoms with Crippen molar-refractivity contribution < 1.29 is 9.47 Å². The predicted molar refractivity (Wildman–Crippen MR) is 68.4 cm³/mol. The fourth-order valence-electron chi connectivity index (χ4n) is 1.90. The molecule has 1 aliphatic rings. The first kappa shape index (κ1) is 13.0. The van der Waals surface area contributed by atoms with Crippen molar-refractivity contribution in [1.82, 2.24) is 10.3 Å². The van der Waals surface area contributed by atoms with Crippen LogP contribution < -0.4 is 5.32 Å². The minimum atomic E-state index is 0.242. The van der Waals surface area contributed by atoms with Crippen molar-refractivity contribution in [2.24, 2.45) is 0 Å². The lowest BCUT2D eigenvalue weighted by molar-refractivity contribution is 0.111. The average molecular weight is 256 g/mol. The third-order valence-corrected chi connectivity index (χ3v) is 4.13. The van der Waals surface area contributed by atoms with E-state index < -0.39 is 0 Å². The van der Waals surface area contributed by atoms with Crippen molar-refractivity contribution >= 4 is 11.3 Å². The van der Waals surface area contributed by atoms with Gasteiger partial charge in [-0.25, -0.2) is 4.98 Å². The van der Waals surface area contributed by atoms with Gasteiger partial charge in [-0.3, -0.25) is 0 Å². The minimum Gasteiger partial charge on any atom is -0.383 e. The number of hydrogen-bond donors (Lipinski definition) is 1. The molecule has 0 amide bonds. The van der Waals surface area contributed by atoms with E-state index in [-0.39, 0.29) is 6.10 Å². The highest BCUT2D eigenvalue weighted by Crippen LogP contribution is 2.32. The lowest BCUT2D eigenvalue weighted by atomic mass is 10.2. The molecule has 0 aromatic carbocycles. The monoisotopic (exact) mass is 256 g/mol. The fourth-order valence-corrected chi connectivity index (χ4v) is 3.02. The highest BCUT2D eigenvalue weighted by Gasteiger charge is 2.22. The Kier molecular flexibility index (Phi) is 4.91. The molecular formula is C12H20N2O2S. The van der Waals surface area contributed by atoms with Gasteiger partial charge in [-0.1, -0.05) is 0 Å². The van der Waals surface area contributed by atoms with Crippen LogP contribution in [0.5, 0.6) is 0 Å². The molecule has 1 aromatic rings. The average Bonchev–Trinajstić information content (AvgIpc) is 2.94. The van der Waals surface area contributed by atoms with Gasteiger partial charge < -0.3 is 14.8 Å². The number of hydrogen-bond acceptors (Lipinski definition) is 5. The van der Waals surface area contributed by atoms with E-state index >= 15 is 0 Å². The minimum absolute atomic E-state index is 0.242. The molecule has 96 valence electrons. The molecule has 0 aliphatic carbocycles. The second-order valence-corrected chi connectivity index (χ2v) is 5.35. The number of nitrogens with zero attached hydrogens (tertiary/aromatic N) is 1. The molecule has 1 aliphatic heterocycles. The van der Waals surface area contributed by atoms with Gasteiger partial charge in [0.15, 0.2) is 0 Å². The maximum atomic E-state index is 5.66. The summed E-state index contributed by atoms with van der Waals surface area (Å²) in [4.78, 5) is 5.93. The third kappa shape index (κ3) is 3.48. The van der Waals surface area contributed by atoms with Crippen LogP contribution in [0, 0.1) is 6.92 Å². The van der Waals surface area contributed by atoms with Gasteiger partial charge >= 0.3 is 0 Å². The van der Waals surface area contributed by atoms with E-state index in [1.165, 1.54) is 4.88 Å². The van der Waals surface area contributed by atoms with Crippen LogP contribution in [0.1, 0.15) is 34.5 Å². The standard InChI is InChI=1S/C12H20N2O2S/c1-9-11(8-13-5-7-15-2)17-12(14-9)10-4-3-6-16-10/h10,13H,3-8H2,1-2H3. The summed E-state index contributed by atoms with van der Waals surface area (Å²) in [5.41, 5.74) is 1.13. The lowest BCUT2D eigenvalue weighted by Gasteiger charge is -2.03. The lowest BCUT2D eigenvalue weighted by Crippen LogP contribution is -2.18. The number of thiazole rings is 1. The first-order valence-electron chi connectivity index (χ1n) is 6.08. The van der Waals surface area contributed by atoms with Crippen LogP contribution in [-0.2, 0) is 16.0 Å². The van der Waals surface area contributed by atoms with E-state index in [0.717, 1.165) is 49.8 Å². The summed E-state index contributed by atoms with van der Waals surface area (Å²) in [5, 5.41) is 4.49. The summed E-state index contributed by atoms with van der Waals surface area (Å²) < 4.78 is 10.7. The van der Waals surface area contributed by atoms with Crippen molar-refractivity contribution in [3.63, 3.8) is 0 Å². The van der Waals surface area contributed by atoms with Gasteiger partial charge in [-0.2, -0.15) is 0 Å². The summed E-state index contributed by atoms with van der Waals surface area (Å²) in [6.45, 7) is 5.45. The number of aryl methyl sites for hydroxylation is 1. The maximum Gasteiger partial charge on any atom is 0.122 e. The summed E-state index contributed by atoms with van der Waals surface area (Å²) in [6.07, 6.45) is 2.51. The van der Waals surface area contributed by atoms with Gasteiger partial charge in [0, 0.05) is 31.7 Å². The van der Waals surface area contributed by atoms with Crippen molar-refractivity contribution in [2.75, 3.05) is 26.9 Å². The quantitative estimate of drug-likeness (QED) is 0.791. The summed E-state index contributed by atoms with van der Waals surface area (Å²) in [7, 11) is 1.72. The molecule has 1 N–H and O–H groups in total. The molecule has 0 spiro atoms. The number of ether oxygens (including phenoxy) is 2. The molecule has 0 radical (unpaired) electrons. The number of nitrogens with one attached hydrogen (secondary N) is 1. The van der Waals surface area contributed by atoms with Gasteiger partial charge in [0.1, 0.15) is 11.1 Å². The van der Waals surface area contributed by atoms with E-state index in [2.05, 4.69) is 17.2 Å². The smallest absolute Gasteiger partial charge is 0.122 e. The van der Waals surface area contributed by atoms with Gasteiger partial charge in [0.2, 0.25) is 0 Å². The Labute approximate surface area is 106 Å². The van der Waals surface area contributed by atoms with Gasteiger partial charge in [-0.05, 0) is 19.8 Å². The fraction of sp³-hybridized carbons (Fsp3) is 0.750. The largest absolute Gasteiger partial charge is 0.383 e. The highest BCUT2D eigenvalue weighted by atomic mass is 32.1. The Morgan fingerprint density at radius 2 is 2.47 bits per heavy atom. The van der Waals surface area contributed by atoms with Crippen LogP contribution in [0.4, 0.5) is 0 Å². The molecular weight excluding hydrogens is 236 g/mol. The van der Waals surface area contributed by atoms with Crippen molar-refractivity contribution in [1.29, 1.82) is 0 Å². The van der Waals surface area contributed by atoms with Gasteiger partial charge in [0.25, 0.3) is 0 Å². The second kappa shape index (κ2) is 6.44. The van der Waals surface area contributed by atoms with Crippen molar-refractivity contribution in [3.05, 3.63) is 15.6 Å². The molecule has 4 nitrogen and oxygen atoms in total. The predicted octanol–water partition coefficient (Wildman–Crippen LogP) is 2.04. The topological polar surface area (TPSA) is 43.4 Å². The van der Waals surface area contributed by atoms with Gasteiger partial charge in [0.05, 0.1) is 12.3 Å². The Morgan fingerprint density at radius 1 is 1.59 bits per heavy atom. The van der Waals surface area contributed by atoms with E-state index in [1.54, 1.807) is 18.4 Å². The molecule has 1 fully saturated rings. The normalized spacial score (nSPS) is 20.0. The molecule has 1 saturated heterocycles. The molecule has 0 bridgehead atoms. The molecule has 2 heterocycles. The zero-order valence-electron chi connectivity index (χ0n) is 10.5. The summed E-state index contributed by atoms with van der Waals surface area (Å²) in [5.74, 6) is 0. The van der Waals surface area contributed by atoms with Crippen molar-refractivity contribution in [2.45, 2.75) is 32.4 Å². The zero-order chi connectivity index (χ0) is 12.1. The van der Waals surface area contributed by atoms with Crippen molar-refractivity contribution in [3.8, 4) is 0 Å². The molecule has 2 rings (SSSR count). The number of aromatic nitrogens is 1. The highest BCUT2D eigenvalue weighted by molar-refractivity contribution is 7.11. The van der Waals surface area contributed by atoms with E-state index in [0.29, 0.717) is 0 Å². The second-order valence-electron chi connectivity index (χ2n) is 4.23. The molecule has 5 heteroatoms. The first-order chi connectivity index (χ1) is 8.31. The Balaban J connectivity index is 1.89. The number of rotatable bonds is 6. The molecule has 1 atom stereocenters. The molecule has 0 saturated carbocycles. The Morgan fingerprint density at radius 3 is 3.18 bits per heavy atom. The Bertz CT molecular complexity index is 348. The van der Waals surface area contributed by atoms with E-state index in [9.17, 15) is 0 Å². The van der Waals surface area contributed by atoms with Gasteiger partial charge in [-0.15, -0.1) is 11.3 Å². The maximum absolute atomic E-state index is 5.66. The van der Waals surface area contributed by atoms with Crippen LogP contribution in [0.2, 0.25) is 0 Å².